The number of phenols is 2. The van der Waals surface area contributed by atoms with E-state index >= 15 is 0 Å². The minimum absolute atomic E-state index is 0.0122. The molecule has 0 bridgehead atoms. The number of anilines is 1. The smallest absolute Gasteiger partial charge is 0.328 e. The number of ether oxygens (including phenoxy) is 1. The number of nitrogen functional groups attached to an aromatic ring is 1. The number of carbonyl (C=O) groups is 6. The van der Waals surface area contributed by atoms with Crippen molar-refractivity contribution < 1.29 is 54.1 Å². The number of hydrogen-bond acceptors (Lipinski definition) is 13. The van der Waals surface area contributed by atoms with Crippen molar-refractivity contribution in [1.82, 2.24) is 26.1 Å². The van der Waals surface area contributed by atoms with Gasteiger partial charge in [-0.1, -0.05) is 34.1 Å². The van der Waals surface area contributed by atoms with Gasteiger partial charge in [0, 0.05) is 25.2 Å². The van der Waals surface area contributed by atoms with Gasteiger partial charge in [-0.05, 0) is 80.6 Å². The minimum Gasteiger partial charge on any atom is -0.504 e. The van der Waals surface area contributed by atoms with Crippen molar-refractivity contribution in [1.29, 1.82) is 0 Å². The van der Waals surface area contributed by atoms with Gasteiger partial charge in [0.25, 0.3) is 11.8 Å². The van der Waals surface area contributed by atoms with Crippen LogP contribution in [-0.2, 0) is 28.7 Å². The van der Waals surface area contributed by atoms with Crippen LogP contribution in [0.5, 0.6) is 11.5 Å². The molecule has 2 rings (SSSR count). The highest BCUT2D eigenvalue weighted by atomic mass is 32.1. The standard InChI is InChI=1S/C36H58N6O11S/c1-6-35(3,4)20-36(5,21-54)18-29(46)41(51)15-9-8-12-25(40-28(45)19-38-32(48)30-23(37)13-14-26(43)31(30)47)34(50)53-22(2)17-27(44)39-24-11-7-10-16-42(52)33(24)49/h13-14,22,24-25,43,47,51-52,54H,6-12,15-21,37H2,1-5H3,(H,38,48)(H,39,44)(H,40,45). The van der Waals surface area contributed by atoms with Crippen LogP contribution in [0.3, 0.4) is 0 Å². The molecule has 1 aromatic carbocycles. The lowest BCUT2D eigenvalue weighted by Crippen LogP contribution is -2.48. The monoisotopic (exact) mass is 782 g/mol. The van der Waals surface area contributed by atoms with Crippen LogP contribution in [0, 0.1) is 10.8 Å². The SMILES string of the molecule is CCC(C)(C)CC(C)(CS)CC(=O)N(O)CCCCC(NC(=O)CNC(=O)c1c(N)ccc(O)c1O)C(=O)OC(C)CC(=O)NC1CCCCN(O)C1=O. The fourth-order valence-corrected chi connectivity index (χ4v) is 6.44. The van der Waals surface area contributed by atoms with Crippen LogP contribution in [0.15, 0.2) is 12.1 Å². The van der Waals surface area contributed by atoms with Gasteiger partial charge >= 0.3 is 5.97 Å². The maximum absolute atomic E-state index is 13.3. The molecule has 1 saturated heterocycles. The van der Waals surface area contributed by atoms with Crippen molar-refractivity contribution in [3.63, 3.8) is 0 Å². The van der Waals surface area contributed by atoms with Gasteiger partial charge in [0.15, 0.2) is 11.5 Å². The highest BCUT2D eigenvalue weighted by molar-refractivity contribution is 7.80. The van der Waals surface area contributed by atoms with E-state index in [1.165, 1.54) is 13.0 Å². The summed E-state index contributed by atoms with van der Waals surface area (Å²) in [7, 11) is 0. The van der Waals surface area contributed by atoms with Crippen LogP contribution in [0.4, 0.5) is 5.69 Å². The Morgan fingerprint density at radius 3 is 2.44 bits per heavy atom. The first-order chi connectivity index (χ1) is 25.2. The molecular weight excluding hydrogens is 724 g/mol. The summed E-state index contributed by atoms with van der Waals surface area (Å²) < 4.78 is 5.47. The fourth-order valence-electron chi connectivity index (χ4n) is 6.22. The van der Waals surface area contributed by atoms with Gasteiger partial charge in [0.1, 0.15) is 23.8 Å². The Hall–Kier alpha value is -4.29. The second-order valence-electron chi connectivity index (χ2n) is 15.1. The van der Waals surface area contributed by atoms with Crippen molar-refractivity contribution in [2.75, 3.05) is 31.1 Å². The average Bonchev–Trinajstić information content (AvgIpc) is 3.25. The summed E-state index contributed by atoms with van der Waals surface area (Å²) in [5.41, 5.74) is 4.67. The van der Waals surface area contributed by atoms with Crippen molar-refractivity contribution in [3.05, 3.63) is 17.7 Å². The molecule has 304 valence electrons. The van der Waals surface area contributed by atoms with Crippen LogP contribution in [0.1, 0.15) is 109 Å². The summed E-state index contributed by atoms with van der Waals surface area (Å²) in [6.07, 6.45) is 2.37. The molecule has 0 spiro atoms. The molecule has 1 heterocycles. The van der Waals surface area contributed by atoms with E-state index in [1.54, 1.807) is 0 Å². The largest absolute Gasteiger partial charge is 0.504 e. The lowest BCUT2D eigenvalue weighted by molar-refractivity contribution is -0.168. The third-order valence-corrected chi connectivity index (χ3v) is 10.2. The maximum Gasteiger partial charge on any atom is 0.328 e. The quantitative estimate of drug-likeness (QED) is 0.0135. The Labute approximate surface area is 321 Å². The zero-order valence-electron chi connectivity index (χ0n) is 31.9. The molecule has 18 heteroatoms. The Balaban J connectivity index is 2.05. The van der Waals surface area contributed by atoms with Crippen molar-refractivity contribution >= 4 is 53.8 Å². The number of nitrogens with one attached hydrogen (secondary N) is 3. The Morgan fingerprint density at radius 1 is 1.11 bits per heavy atom. The van der Waals surface area contributed by atoms with E-state index in [9.17, 15) is 49.4 Å². The van der Waals surface area contributed by atoms with E-state index in [-0.39, 0.29) is 56.3 Å². The first-order valence-electron chi connectivity index (χ1n) is 18.2. The number of carbonyl (C=O) groups excluding carboxylic acids is 6. The molecule has 0 aliphatic carbocycles. The molecule has 5 amide bonds. The lowest BCUT2D eigenvalue weighted by atomic mass is 9.72. The zero-order chi connectivity index (χ0) is 40.8. The molecule has 4 atom stereocenters. The van der Waals surface area contributed by atoms with Gasteiger partial charge in [-0.2, -0.15) is 12.6 Å². The number of aromatic hydroxyl groups is 2. The molecule has 1 aliphatic heterocycles. The number of thiol groups is 1. The number of esters is 1. The Kier molecular flexibility index (Phi) is 17.8. The van der Waals surface area contributed by atoms with Gasteiger partial charge in [-0.3, -0.25) is 34.4 Å². The highest BCUT2D eigenvalue weighted by Crippen LogP contribution is 2.39. The third kappa shape index (κ3) is 14.5. The summed E-state index contributed by atoms with van der Waals surface area (Å²) in [6.45, 7) is 9.14. The number of nitrogens with two attached hydrogens (primary N) is 1. The van der Waals surface area contributed by atoms with Crippen molar-refractivity contribution in [3.8, 4) is 11.5 Å². The normalized spacial score (nSPS) is 17.0. The molecule has 9 N–H and O–H groups in total. The zero-order valence-corrected chi connectivity index (χ0v) is 32.7. The molecular formula is C36H58N6O11S. The van der Waals surface area contributed by atoms with Crippen molar-refractivity contribution in [2.24, 2.45) is 10.8 Å². The number of phenolic OH excluding ortho intramolecular Hbond substituents is 2. The number of nitrogens with zero attached hydrogens (tertiary/aromatic N) is 2. The summed E-state index contributed by atoms with van der Waals surface area (Å²) in [6, 6.07) is 0.0748. The Morgan fingerprint density at radius 2 is 1.80 bits per heavy atom. The van der Waals surface area contributed by atoms with E-state index in [0.717, 1.165) is 18.9 Å². The molecule has 4 unspecified atom stereocenters. The van der Waals surface area contributed by atoms with Crippen LogP contribution >= 0.6 is 12.6 Å². The number of benzene rings is 1. The van der Waals surface area contributed by atoms with Gasteiger partial charge in [-0.25, -0.2) is 14.9 Å². The van der Waals surface area contributed by atoms with Crippen LogP contribution in [0.2, 0.25) is 0 Å². The summed E-state index contributed by atoms with van der Waals surface area (Å²) in [5.74, 6) is -5.33. The number of hydrogen-bond donors (Lipinski definition) is 9. The fraction of sp³-hybridized carbons (Fsp3) is 0.667. The number of unbranched alkanes of at least 4 members (excludes halogenated alkanes) is 1. The van der Waals surface area contributed by atoms with Gasteiger partial charge in [-0.15, -0.1) is 0 Å². The van der Waals surface area contributed by atoms with E-state index in [4.69, 9.17) is 10.5 Å². The predicted molar refractivity (Wildman–Crippen MR) is 201 cm³/mol. The molecule has 17 nitrogen and oxygen atoms in total. The molecule has 0 saturated carbocycles. The maximum atomic E-state index is 13.3. The lowest BCUT2D eigenvalue weighted by Gasteiger charge is -2.36. The molecule has 1 aromatic rings. The molecule has 1 aliphatic rings. The molecule has 1 fully saturated rings. The highest BCUT2D eigenvalue weighted by Gasteiger charge is 2.34. The number of rotatable bonds is 20. The topological polar surface area (TPSA) is 261 Å². The minimum atomic E-state index is -1.28. The van der Waals surface area contributed by atoms with E-state index < -0.39 is 82.7 Å². The van der Waals surface area contributed by atoms with E-state index in [2.05, 4.69) is 49.4 Å². The van der Waals surface area contributed by atoms with E-state index in [0.29, 0.717) is 35.1 Å². The predicted octanol–water partition coefficient (Wildman–Crippen LogP) is 2.64. The number of amides is 5. The summed E-state index contributed by atoms with van der Waals surface area (Å²) >= 11 is 4.46. The third-order valence-electron chi connectivity index (χ3n) is 9.46. The van der Waals surface area contributed by atoms with Gasteiger partial charge in [0.05, 0.1) is 13.0 Å². The van der Waals surface area contributed by atoms with E-state index in [1.807, 2.05) is 6.92 Å². The van der Waals surface area contributed by atoms with Crippen LogP contribution in [0.25, 0.3) is 0 Å². The first kappa shape index (κ1) is 45.9. The summed E-state index contributed by atoms with van der Waals surface area (Å²) in [4.78, 5) is 76.8. The second kappa shape index (κ2) is 21.0. The molecule has 0 radical (unpaired) electrons. The van der Waals surface area contributed by atoms with Crippen LogP contribution in [-0.4, -0.2) is 110 Å². The van der Waals surface area contributed by atoms with Crippen LogP contribution < -0.4 is 21.7 Å². The van der Waals surface area contributed by atoms with Crippen molar-refractivity contribution in [2.45, 2.75) is 117 Å². The first-order valence-corrected chi connectivity index (χ1v) is 18.8. The average molecular weight is 783 g/mol. The van der Waals surface area contributed by atoms with Gasteiger partial charge < -0.3 is 36.6 Å². The Bertz CT molecular complexity index is 1490. The second-order valence-corrected chi connectivity index (χ2v) is 15.4. The molecule has 54 heavy (non-hydrogen) atoms. The molecule has 0 aromatic heterocycles. The van der Waals surface area contributed by atoms with Gasteiger partial charge in [0.2, 0.25) is 17.7 Å². The summed E-state index contributed by atoms with van der Waals surface area (Å²) in [5, 5.41) is 48.7. The number of hydroxylamine groups is 4.